The van der Waals surface area contributed by atoms with E-state index in [0.29, 0.717) is 6.42 Å². The van der Waals surface area contributed by atoms with E-state index in [2.05, 4.69) is 20.9 Å². The molecule has 26 heavy (non-hydrogen) atoms. The van der Waals surface area contributed by atoms with Gasteiger partial charge in [-0.3, -0.25) is 14.4 Å². The van der Waals surface area contributed by atoms with Crippen LogP contribution in [-0.2, 0) is 20.8 Å². The lowest BCUT2D eigenvalue weighted by Crippen LogP contribution is -2.48. The predicted molar refractivity (Wildman–Crippen MR) is 101 cm³/mol. The molecule has 0 spiro atoms. The lowest BCUT2D eigenvalue weighted by Gasteiger charge is -2.17. The van der Waals surface area contributed by atoms with Gasteiger partial charge in [-0.05, 0) is 25.5 Å². The highest BCUT2D eigenvalue weighted by Crippen LogP contribution is 2.19. The van der Waals surface area contributed by atoms with Gasteiger partial charge in [0.05, 0.1) is 0 Å². The van der Waals surface area contributed by atoms with Gasteiger partial charge in [-0.1, -0.05) is 18.2 Å². The van der Waals surface area contributed by atoms with Crippen LogP contribution in [0, 0.1) is 0 Å². The summed E-state index contributed by atoms with van der Waals surface area (Å²) in [7, 11) is 0. The van der Waals surface area contributed by atoms with E-state index >= 15 is 0 Å². The number of rotatable bonds is 8. The minimum atomic E-state index is -0.695. The lowest BCUT2D eigenvalue weighted by molar-refractivity contribution is -0.128. The number of H-pyrrole nitrogens is 1. The Kier molecular flexibility index (Phi) is 6.77. The van der Waals surface area contributed by atoms with Gasteiger partial charge in [-0.25, -0.2) is 0 Å². The van der Waals surface area contributed by atoms with Gasteiger partial charge in [-0.15, -0.1) is 0 Å². The first-order chi connectivity index (χ1) is 12.4. The van der Waals surface area contributed by atoms with Crippen molar-refractivity contribution in [3.8, 4) is 0 Å². The molecule has 0 saturated carbocycles. The molecule has 1 unspecified atom stereocenters. The fourth-order valence-corrected chi connectivity index (χ4v) is 2.79. The molecule has 4 N–H and O–H groups in total. The SMILES string of the molecule is CC(=O)NC(Cc1c[nH]c2ccccc12)C(=O)NCCC(=O)NC(C)C. The van der Waals surface area contributed by atoms with Crippen molar-refractivity contribution in [1.29, 1.82) is 0 Å². The average Bonchev–Trinajstić information content (AvgIpc) is 2.96. The van der Waals surface area contributed by atoms with Gasteiger partial charge in [-0.2, -0.15) is 0 Å². The van der Waals surface area contributed by atoms with Gasteiger partial charge in [0, 0.05) is 49.5 Å². The topological polar surface area (TPSA) is 103 Å². The van der Waals surface area contributed by atoms with E-state index in [9.17, 15) is 14.4 Å². The molecule has 7 nitrogen and oxygen atoms in total. The zero-order valence-corrected chi connectivity index (χ0v) is 15.4. The van der Waals surface area contributed by atoms with Crippen LogP contribution in [0.2, 0.25) is 0 Å². The molecule has 140 valence electrons. The van der Waals surface area contributed by atoms with Crippen LogP contribution in [0.3, 0.4) is 0 Å². The third-order valence-electron chi connectivity index (χ3n) is 3.89. The minimum absolute atomic E-state index is 0.0622. The number of nitrogens with one attached hydrogen (secondary N) is 4. The molecule has 0 aliphatic rings. The summed E-state index contributed by atoms with van der Waals surface area (Å²) in [6, 6.07) is 7.16. The molecule has 1 aromatic heterocycles. The highest BCUT2D eigenvalue weighted by Gasteiger charge is 2.21. The van der Waals surface area contributed by atoms with E-state index in [-0.39, 0.29) is 36.7 Å². The van der Waals surface area contributed by atoms with Crippen molar-refractivity contribution in [3.63, 3.8) is 0 Å². The lowest BCUT2D eigenvalue weighted by atomic mass is 10.0. The van der Waals surface area contributed by atoms with E-state index < -0.39 is 6.04 Å². The molecule has 2 aromatic rings. The molecule has 0 fully saturated rings. The van der Waals surface area contributed by atoms with Crippen LogP contribution in [-0.4, -0.2) is 41.3 Å². The van der Waals surface area contributed by atoms with Crippen molar-refractivity contribution < 1.29 is 14.4 Å². The molecular formula is C19H26N4O3. The first kappa shape index (κ1) is 19.5. The number of aromatic nitrogens is 1. The van der Waals surface area contributed by atoms with Crippen LogP contribution in [0.25, 0.3) is 10.9 Å². The summed E-state index contributed by atoms with van der Waals surface area (Å²) in [5.41, 5.74) is 1.93. The van der Waals surface area contributed by atoms with E-state index in [1.54, 1.807) is 0 Å². The Bertz CT molecular complexity index is 782. The van der Waals surface area contributed by atoms with Gasteiger partial charge in [0.2, 0.25) is 17.7 Å². The van der Waals surface area contributed by atoms with Gasteiger partial charge < -0.3 is 20.9 Å². The molecule has 0 aliphatic carbocycles. The summed E-state index contributed by atoms with van der Waals surface area (Å²) < 4.78 is 0. The number of aromatic amines is 1. The molecule has 3 amide bonds. The van der Waals surface area contributed by atoms with Gasteiger partial charge in [0.1, 0.15) is 6.04 Å². The maximum absolute atomic E-state index is 12.5. The standard InChI is InChI=1S/C19H26N4O3/c1-12(2)22-18(25)8-9-20-19(26)17(23-13(3)24)10-14-11-21-16-7-5-4-6-15(14)16/h4-7,11-12,17,21H,8-10H2,1-3H3,(H,20,26)(H,22,25)(H,23,24). The number of para-hydroxylation sites is 1. The third kappa shape index (κ3) is 5.61. The maximum Gasteiger partial charge on any atom is 0.242 e. The highest BCUT2D eigenvalue weighted by atomic mass is 16.2. The zero-order chi connectivity index (χ0) is 19.1. The Morgan fingerprint density at radius 3 is 2.54 bits per heavy atom. The summed E-state index contributed by atoms with van der Waals surface area (Å²) in [5.74, 6) is -0.696. The quantitative estimate of drug-likeness (QED) is 0.571. The summed E-state index contributed by atoms with van der Waals surface area (Å²) in [4.78, 5) is 38.8. The van der Waals surface area contributed by atoms with E-state index in [1.807, 2.05) is 44.3 Å². The van der Waals surface area contributed by atoms with Crippen molar-refractivity contribution >= 4 is 28.6 Å². The number of hydrogen-bond donors (Lipinski definition) is 4. The number of fused-ring (bicyclic) bond motifs is 1. The molecule has 2 rings (SSSR count). The Balaban J connectivity index is 1.99. The molecule has 0 bridgehead atoms. The predicted octanol–water partition coefficient (Wildman–Crippen LogP) is 1.25. The molecule has 0 aliphatic heterocycles. The highest BCUT2D eigenvalue weighted by molar-refractivity contribution is 5.89. The number of carbonyl (C=O) groups is 3. The third-order valence-corrected chi connectivity index (χ3v) is 3.89. The Labute approximate surface area is 152 Å². The molecule has 0 saturated heterocycles. The maximum atomic E-state index is 12.5. The number of benzene rings is 1. The molecular weight excluding hydrogens is 332 g/mol. The number of amides is 3. The molecule has 1 heterocycles. The number of hydrogen-bond acceptors (Lipinski definition) is 3. The van der Waals surface area contributed by atoms with Gasteiger partial charge in [0.25, 0.3) is 0 Å². The Morgan fingerprint density at radius 1 is 1.12 bits per heavy atom. The smallest absolute Gasteiger partial charge is 0.242 e. The molecule has 1 atom stereocenters. The van der Waals surface area contributed by atoms with Crippen LogP contribution in [0.15, 0.2) is 30.5 Å². The van der Waals surface area contributed by atoms with Crippen molar-refractivity contribution in [2.75, 3.05) is 6.54 Å². The van der Waals surface area contributed by atoms with Crippen LogP contribution in [0.5, 0.6) is 0 Å². The Hall–Kier alpha value is -2.83. The van der Waals surface area contributed by atoms with E-state index in [4.69, 9.17) is 0 Å². The van der Waals surface area contributed by atoms with Crippen LogP contribution in [0.4, 0.5) is 0 Å². The second kappa shape index (κ2) is 9.03. The summed E-state index contributed by atoms with van der Waals surface area (Å²) in [5, 5.41) is 9.21. The second-order valence-electron chi connectivity index (χ2n) is 6.58. The number of carbonyl (C=O) groups excluding carboxylic acids is 3. The zero-order valence-electron chi connectivity index (χ0n) is 15.4. The van der Waals surface area contributed by atoms with Crippen molar-refractivity contribution in [3.05, 3.63) is 36.0 Å². The van der Waals surface area contributed by atoms with Gasteiger partial charge in [0.15, 0.2) is 0 Å². The van der Waals surface area contributed by atoms with Crippen LogP contribution < -0.4 is 16.0 Å². The first-order valence-electron chi connectivity index (χ1n) is 8.76. The van der Waals surface area contributed by atoms with E-state index in [0.717, 1.165) is 16.5 Å². The monoisotopic (exact) mass is 358 g/mol. The van der Waals surface area contributed by atoms with Crippen LogP contribution in [0.1, 0.15) is 32.8 Å². The molecule has 0 radical (unpaired) electrons. The second-order valence-corrected chi connectivity index (χ2v) is 6.58. The van der Waals surface area contributed by atoms with Gasteiger partial charge >= 0.3 is 0 Å². The fourth-order valence-electron chi connectivity index (χ4n) is 2.79. The first-order valence-corrected chi connectivity index (χ1v) is 8.76. The largest absolute Gasteiger partial charge is 0.361 e. The summed E-state index contributed by atoms with van der Waals surface area (Å²) in [6.45, 7) is 5.36. The van der Waals surface area contributed by atoms with Crippen molar-refractivity contribution in [2.24, 2.45) is 0 Å². The van der Waals surface area contributed by atoms with Crippen LogP contribution >= 0.6 is 0 Å². The van der Waals surface area contributed by atoms with Crippen molar-refractivity contribution in [2.45, 2.75) is 45.7 Å². The molecule has 1 aromatic carbocycles. The minimum Gasteiger partial charge on any atom is -0.361 e. The fraction of sp³-hybridized carbons (Fsp3) is 0.421. The normalized spacial score (nSPS) is 12.0. The summed E-state index contributed by atoms with van der Waals surface area (Å²) >= 11 is 0. The Morgan fingerprint density at radius 2 is 1.85 bits per heavy atom. The molecule has 7 heteroatoms. The van der Waals surface area contributed by atoms with E-state index in [1.165, 1.54) is 6.92 Å². The summed E-state index contributed by atoms with van der Waals surface area (Å²) in [6.07, 6.45) is 2.42. The average molecular weight is 358 g/mol. The van der Waals surface area contributed by atoms with Crippen molar-refractivity contribution in [1.82, 2.24) is 20.9 Å².